The fourth-order valence-corrected chi connectivity index (χ4v) is 4.46. The molecule has 1 aliphatic heterocycles. The number of sulfone groups is 1. The Balaban J connectivity index is 2.55. The standard InChI is InChI=1S/C14H19NO4S/c1-2-8-15-14(10-13(16)17)7-9-20(18,19)12-6-4-3-5-11(12)14/h3-6,15H,2,7-10H2,1H3,(H,16,17). The molecule has 1 aliphatic rings. The number of nitrogens with one attached hydrogen (secondary N) is 1. The summed E-state index contributed by atoms with van der Waals surface area (Å²) in [6, 6.07) is 6.71. The molecule has 1 atom stereocenters. The van der Waals surface area contributed by atoms with Crippen LogP contribution in [0.25, 0.3) is 0 Å². The third-order valence-electron chi connectivity index (χ3n) is 3.70. The van der Waals surface area contributed by atoms with E-state index in [2.05, 4.69) is 5.32 Å². The molecule has 0 aliphatic carbocycles. The first kappa shape index (κ1) is 15.0. The Morgan fingerprint density at radius 2 is 2.10 bits per heavy atom. The van der Waals surface area contributed by atoms with Gasteiger partial charge < -0.3 is 10.4 Å². The van der Waals surface area contributed by atoms with Crippen molar-refractivity contribution in [3.05, 3.63) is 29.8 Å². The minimum Gasteiger partial charge on any atom is -0.481 e. The lowest BCUT2D eigenvalue weighted by molar-refractivity contribution is -0.139. The number of carboxylic acids is 1. The first-order valence-electron chi connectivity index (χ1n) is 6.70. The van der Waals surface area contributed by atoms with Crippen molar-refractivity contribution < 1.29 is 18.3 Å². The number of benzene rings is 1. The largest absolute Gasteiger partial charge is 0.481 e. The van der Waals surface area contributed by atoms with Crippen molar-refractivity contribution in [2.24, 2.45) is 0 Å². The van der Waals surface area contributed by atoms with E-state index in [1.165, 1.54) is 0 Å². The monoisotopic (exact) mass is 297 g/mol. The van der Waals surface area contributed by atoms with Crippen LogP contribution in [-0.4, -0.2) is 31.8 Å². The van der Waals surface area contributed by atoms with Crippen molar-refractivity contribution in [3.63, 3.8) is 0 Å². The zero-order chi connectivity index (χ0) is 14.8. The van der Waals surface area contributed by atoms with Crippen molar-refractivity contribution in [1.82, 2.24) is 5.32 Å². The Morgan fingerprint density at radius 3 is 2.75 bits per heavy atom. The van der Waals surface area contributed by atoms with Gasteiger partial charge in [-0.25, -0.2) is 8.42 Å². The van der Waals surface area contributed by atoms with Crippen molar-refractivity contribution in [1.29, 1.82) is 0 Å². The number of aliphatic carboxylic acids is 1. The fraction of sp³-hybridized carbons (Fsp3) is 0.500. The molecule has 1 unspecified atom stereocenters. The predicted molar refractivity (Wildman–Crippen MR) is 75.3 cm³/mol. The molecule has 0 spiro atoms. The summed E-state index contributed by atoms with van der Waals surface area (Å²) in [6.07, 6.45) is 1.04. The van der Waals surface area contributed by atoms with Gasteiger partial charge in [-0.1, -0.05) is 25.1 Å². The van der Waals surface area contributed by atoms with Gasteiger partial charge in [-0.3, -0.25) is 4.79 Å². The summed E-state index contributed by atoms with van der Waals surface area (Å²) in [5.74, 6) is -0.948. The highest BCUT2D eigenvalue weighted by Crippen LogP contribution is 2.39. The van der Waals surface area contributed by atoms with E-state index in [4.69, 9.17) is 0 Å². The van der Waals surface area contributed by atoms with Crippen molar-refractivity contribution in [2.45, 2.75) is 36.6 Å². The van der Waals surface area contributed by atoms with Crippen LogP contribution in [0, 0.1) is 0 Å². The number of fused-ring (bicyclic) bond motifs is 1. The quantitative estimate of drug-likeness (QED) is 0.861. The molecule has 0 fully saturated rings. The summed E-state index contributed by atoms with van der Waals surface area (Å²) in [7, 11) is -3.31. The third kappa shape index (κ3) is 2.71. The smallest absolute Gasteiger partial charge is 0.305 e. The lowest BCUT2D eigenvalue weighted by atomic mass is 9.83. The highest BCUT2D eigenvalue weighted by Gasteiger charge is 2.42. The molecule has 0 bridgehead atoms. The molecule has 1 heterocycles. The molecule has 6 heteroatoms. The second-order valence-corrected chi connectivity index (χ2v) is 7.22. The van der Waals surface area contributed by atoms with Gasteiger partial charge in [0, 0.05) is 0 Å². The predicted octanol–water partition coefficient (Wildman–Crippen LogP) is 1.53. The number of hydrogen-bond donors (Lipinski definition) is 2. The maximum atomic E-state index is 12.1. The van der Waals surface area contributed by atoms with E-state index in [1.54, 1.807) is 24.3 Å². The summed E-state index contributed by atoms with van der Waals surface area (Å²) in [5, 5.41) is 12.5. The Hall–Kier alpha value is -1.40. The lowest BCUT2D eigenvalue weighted by Gasteiger charge is -2.38. The van der Waals surface area contributed by atoms with E-state index in [9.17, 15) is 18.3 Å². The highest BCUT2D eigenvalue weighted by atomic mass is 32.2. The van der Waals surface area contributed by atoms with Crippen LogP contribution < -0.4 is 5.32 Å². The average molecular weight is 297 g/mol. The van der Waals surface area contributed by atoms with Crippen LogP contribution in [0.2, 0.25) is 0 Å². The van der Waals surface area contributed by atoms with E-state index in [-0.39, 0.29) is 17.1 Å². The first-order chi connectivity index (χ1) is 9.41. The molecule has 110 valence electrons. The Bertz CT molecular complexity index is 611. The normalized spacial score (nSPS) is 24.1. The Kier molecular flexibility index (Phi) is 4.15. The first-order valence-corrected chi connectivity index (χ1v) is 8.35. The number of carboxylic acid groups (broad SMARTS) is 1. The van der Waals surface area contributed by atoms with Crippen molar-refractivity contribution in [3.8, 4) is 0 Å². The maximum Gasteiger partial charge on any atom is 0.305 e. The van der Waals surface area contributed by atoms with Crippen LogP contribution in [-0.2, 0) is 20.2 Å². The van der Waals surface area contributed by atoms with Crippen LogP contribution in [0.3, 0.4) is 0 Å². The molecule has 20 heavy (non-hydrogen) atoms. The molecule has 2 rings (SSSR count). The fourth-order valence-electron chi connectivity index (χ4n) is 2.74. The summed E-state index contributed by atoms with van der Waals surface area (Å²) in [6.45, 7) is 2.65. The van der Waals surface area contributed by atoms with Crippen molar-refractivity contribution in [2.75, 3.05) is 12.3 Å². The minimum atomic E-state index is -3.31. The second-order valence-electron chi connectivity index (χ2n) is 5.14. The van der Waals surface area contributed by atoms with E-state index in [1.807, 2.05) is 6.92 Å². The molecule has 2 N–H and O–H groups in total. The molecule has 0 aromatic heterocycles. The van der Waals surface area contributed by atoms with Gasteiger partial charge in [0.1, 0.15) is 0 Å². The van der Waals surface area contributed by atoms with Gasteiger partial charge in [0.25, 0.3) is 0 Å². The zero-order valence-electron chi connectivity index (χ0n) is 11.4. The van der Waals surface area contributed by atoms with Gasteiger partial charge in [0.2, 0.25) is 0 Å². The molecular formula is C14H19NO4S. The highest BCUT2D eigenvalue weighted by molar-refractivity contribution is 7.91. The molecule has 0 saturated carbocycles. The Labute approximate surface area is 118 Å². The Morgan fingerprint density at radius 1 is 1.40 bits per heavy atom. The van der Waals surface area contributed by atoms with Crippen molar-refractivity contribution >= 4 is 15.8 Å². The summed E-state index contributed by atoms with van der Waals surface area (Å²) >= 11 is 0. The van der Waals surface area contributed by atoms with Gasteiger partial charge in [-0.05, 0) is 31.0 Å². The summed E-state index contributed by atoms with van der Waals surface area (Å²) in [5.41, 5.74) is -0.203. The average Bonchev–Trinajstić information content (AvgIpc) is 2.41. The maximum absolute atomic E-state index is 12.1. The minimum absolute atomic E-state index is 0.0198. The summed E-state index contributed by atoms with van der Waals surface area (Å²) in [4.78, 5) is 11.5. The van der Waals surface area contributed by atoms with Gasteiger partial charge in [-0.2, -0.15) is 0 Å². The third-order valence-corrected chi connectivity index (χ3v) is 5.47. The van der Waals surface area contributed by atoms with Gasteiger partial charge in [0.15, 0.2) is 9.84 Å². The zero-order valence-corrected chi connectivity index (χ0v) is 12.2. The number of hydrogen-bond acceptors (Lipinski definition) is 4. The topological polar surface area (TPSA) is 83.5 Å². The van der Waals surface area contributed by atoms with Gasteiger partial charge >= 0.3 is 5.97 Å². The summed E-state index contributed by atoms with van der Waals surface area (Å²) < 4.78 is 24.3. The van der Waals surface area contributed by atoms with E-state index < -0.39 is 21.3 Å². The molecule has 0 amide bonds. The molecule has 0 saturated heterocycles. The molecular weight excluding hydrogens is 278 g/mol. The van der Waals surface area contributed by atoms with E-state index in [0.29, 0.717) is 18.5 Å². The number of rotatable bonds is 5. The molecule has 5 nitrogen and oxygen atoms in total. The SMILES string of the molecule is CCCNC1(CC(=O)O)CCS(=O)(=O)c2ccccc21. The molecule has 1 aromatic rings. The second kappa shape index (κ2) is 5.54. The van der Waals surface area contributed by atoms with E-state index >= 15 is 0 Å². The van der Waals surface area contributed by atoms with E-state index in [0.717, 1.165) is 6.42 Å². The van der Waals surface area contributed by atoms with Crippen LogP contribution in [0.15, 0.2) is 29.2 Å². The van der Waals surface area contributed by atoms with Crippen LogP contribution in [0.4, 0.5) is 0 Å². The van der Waals surface area contributed by atoms with Gasteiger partial charge in [0.05, 0.1) is 22.6 Å². The number of carbonyl (C=O) groups is 1. The van der Waals surface area contributed by atoms with Gasteiger partial charge in [-0.15, -0.1) is 0 Å². The van der Waals surface area contributed by atoms with Crippen LogP contribution >= 0.6 is 0 Å². The molecule has 1 aromatic carbocycles. The van der Waals surface area contributed by atoms with Crippen LogP contribution in [0.1, 0.15) is 31.7 Å². The molecule has 0 radical (unpaired) electrons. The lowest BCUT2D eigenvalue weighted by Crippen LogP contribution is -2.49. The van der Waals surface area contributed by atoms with Crippen LogP contribution in [0.5, 0.6) is 0 Å².